The van der Waals surface area contributed by atoms with E-state index in [1.54, 1.807) is 12.2 Å². The molecule has 0 heterocycles. The van der Waals surface area contributed by atoms with Gasteiger partial charge in [0, 0.05) is 17.8 Å². The molecule has 0 aromatic carbocycles. The van der Waals surface area contributed by atoms with E-state index < -0.39 is 45.2 Å². The summed E-state index contributed by atoms with van der Waals surface area (Å²) in [4.78, 5) is 36.1. The zero-order valence-electron chi connectivity index (χ0n) is 17.6. The molecule has 0 saturated heterocycles. The van der Waals surface area contributed by atoms with Gasteiger partial charge in [0.15, 0.2) is 12.4 Å². The lowest BCUT2D eigenvalue weighted by Gasteiger charge is -2.64. The Morgan fingerprint density at radius 2 is 1.97 bits per heavy atom. The molecule has 4 rings (SSSR count). The molecule has 7 atom stereocenters. The molecule has 164 valence electrons. The minimum absolute atomic E-state index is 0.0101. The van der Waals surface area contributed by atoms with E-state index in [-0.39, 0.29) is 30.5 Å². The van der Waals surface area contributed by atoms with Gasteiger partial charge in [-0.25, -0.2) is 0 Å². The molecule has 0 aromatic heterocycles. The highest BCUT2D eigenvalue weighted by molar-refractivity contribution is 9.10. The Hall–Kier alpha value is -1.31. The number of alkyl halides is 1. The van der Waals surface area contributed by atoms with Crippen LogP contribution in [0.4, 0.5) is 0 Å². The fraction of sp³-hybridized carbons (Fsp3) is 0.696. The van der Waals surface area contributed by atoms with E-state index in [1.165, 1.54) is 6.92 Å². The van der Waals surface area contributed by atoms with E-state index in [9.17, 15) is 24.6 Å². The number of carbonyl (C=O) groups is 3. The van der Waals surface area contributed by atoms with Crippen LogP contribution in [-0.4, -0.2) is 50.4 Å². The van der Waals surface area contributed by atoms with Crippen LogP contribution in [0.1, 0.15) is 52.9 Å². The van der Waals surface area contributed by atoms with Crippen LogP contribution in [-0.2, 0) is 19.1 Å². The monoisotopic (exact) mass is 480 g/mol. The molecular formula is C23H29BrO6. The molecule has 4 aliphatic carbocycles. The smallest absolute Gasteiger partial charge is 0.303 e. The fourth-order valence-electron chi connectivity index (χ4n) is 6.96. The molecule has 0 aliphatic heterocycles. The van der Waals surface area contributed by atoms with Crippen molar-refractivity contribution in [2.45, 2.75) is 68.9 Å². The number of allylic oxidation sites excluding steroid dienone is 4. The molecule has 7 heteroatoms. The fourth-order valence-corrected chi connectivity index (χ4v) is 8.06. The van der Waals surface area contributed by atoms with E-state index >= 15 is 0 Å². The van der Waals surface area contributed by atoms with Gasteiger partial charge in [-0.05, 0) is 56.1 Å². The molecule has 0 aromatic rings. The summed E-state index contributed by atoms with van der Waals surface area (Å²) >= 11 is 3.95. The van der Waals surface area contributed by atoms with Gasteiger partial charge in [-0.3, -0.25) is 14.4 Å². The lowest BCUT2D eigenvalue weighted by Crippen LogP contribution is -2.68. The average Bonchev–Trinajstić information content (AvgIpc) is 2.94. The number of carbonyl (C=O) groups excluding carboxylic acids is 3. The summed E-state index contributed by atoms with van der Waals surface area (Å²) in [6.07, 6.45) is 7.02. The summed E-state index contributed by atoms with van der Waals surface area (Å²) in [6.45, 7) is 4.72. The maximum Gasteiger partial charge on any atom is 0.303 e. The van der Waals surface area contributed by atoms with Gasteiger partial charge < -0.3 is 14.9 Å². The first kappa shape index (κ1) is 21.9. The Morgan fingerprint density at radius 1 is 1.27 bits per heavy atom. The third-order valence-electron chi connectivity index (χ3n) is 8.66. The standard InChI is InChI=1S/C23H29BrO6/c1-13(25)30-12-19(28)22(29)9-7-16-17-5-4-14-10-15(26)6-8-20(14,2)23(17,24)18(27)11-21(16,22)3/h6,8,10,16-18,27,29H,4-5,7,9,11-12H2,1-3H3/t16-,17-,18-,20-,21-,22-,23-/m0/s1. The molecule has 4 aliphatic rings. The highest BCUT2D eigenvalue weighted by atomic mass is 79.9. The number of esters is 1. The predicted molar refractivity (Wildman–Crippen MR) is 113 cm³/mol. The quantitative estimate of drug-likeness (QED) is 0.475. The van der Waals surface area contributed by atoms with Gasteiger partial charge in [0.2, 0.25) is 5.78 Å². The van der Waals surface area contributed by atoms with Gasteiger partial charge in [0.05, 0.1) is 10.4 Å². The van der Waals surface area contributed by atoms with Crippen LogP contribution in [0.15, 0.2) is 23.8 Å². The number of aliphatic hydroxyl groups excluding tert-OH is 1. The van der Waals surface area contributed by atoms with Crippen molar-refractivity contribution in [3.63, 3.8) is 0 Å². The second-order valence-electron chi connectivity index (χ2n) is 9.87. The average molecular weight is 481 g/mol. The summed E-state index contributed by atoms with van der Waals surface area (Å²) in [7, 11) is 0. The molecule has 0 radical (unpaired) electrons. The zero-order valence-corrected chi connectivity index (χ0v) is 19.2. The van der Waals surface area contributed by atoms with Crippen molar-refractivity contribution in [3.05, 3.63) is 23.8 Å². The first-order chi connectivity index (χ1) is 13.9. The van der Waals surface area contributed by atoms with Crippen molar-refractivity contribution in [2.75, 3.05) is 6.61 Å². The maximum absolute atomic E-state index is 12.9. The Kier molecular flexibility index (Phi) is 5.00. The summed E-state index contributed by atoms with van der Waals surface area (Å²) in [5.41, 5.74) is -1.97. The number of ether oxygens (including phenoxy) is 1. The molecule has 0 unspecified atom stereocenters. The van der Waals surface area contributed by atoms with Crippen LogP contribution in [0.5, 0.6) is 0 Å². The highest BCUT2D eigenvalue weighted by Crippen LogP contribution is 2.71. The number of fused-ring (bicyclic) bond motifs is 5. The van der Waals surface area contributed by atoms with Crippen LogP contribution in [0, 0.1) is 22.7 Å². The van der Waals surface area contributed by atoms with Crippen LogP contribution in [0.25, 0.3) is 0 Å². The lowest BCUT2D eigenvalue weighted by atomic mass is 9.46. The number of aliphatic hydroxyl groups is 2. The molecule has 6 nitrogen and oxygen atoms in total. The first-order valence-electron chi connectivity index (χ1n) is 10.6. The number of Topliss-reactive ketones (excluding diaryl/α,β-unsaturated/α-hetero) is 1. The van der Waals surface area contributed by atoms with Gasteiger partial charge in [0.25, 0.3) is 0 Å². The van der Waals surface area contributed by atoms with Crippen molar-refractivity contribution in [2.24, 2.45) is 22.7 Å². The van der Waals surface area contributed by atoms with E-state index in [0.717, 1.165) is 18.4 Å². The molecule has 0 spiro atoms. The van der Waals surface area contributed by atoms with Crippen LogP contribution in [0.3, 0.4) is 0 Å². The molecule has 30 heavy (non-hydrogen) atoms. The number of hydrogen-bond acceptors (Lipinski definition) is 6. The van der Waals surface area contributed by atoms with Gasteiger partial charge in [-0.15, -0.1) is 0 Å². The van der Waals surface area contributed by atoms with E-state index in [2.05, 4.69) is 22.9 Å². The molecule has 0 amide bonds. The van der Waals surface area contributed by atoms with Gasteiger partial charge in [0.1, 0.15) is 5.60 Å². The van der Waals surface area contributed by atoms with Crippen molar-refractivity contribution in [1.29, 1.82) is 0 Å². The first-order valence-corrected chi connectivity index (χ1v) is 11.4. The third kappa shape index (κ3) is 2.64. The van der Waals surface area contributed by atoms with Crippen molar-refractivity contribution in [3.8, 4) is 0 Å². The van der Waals surface area contributed by atoms with Crippen molar-refractivity contribution in [1.82, 2.24) is 0 Å². The zero-order chi connectivity index (χ0) is 22.1. The third-order valence-corrected chi connectivity index (χ3v) is 10.6. The number of halogens is 1. The second-order valence-corrected chi connectivity index (χ2v) is 11.2. The topological polar surface area (TPSA) is 101 Å². The summed E-state index contributed by atoms with van der Waals surface area (Å²) in [6, 6.07) is 0. The van der Waals surface area contributed by atoms with Crippen LogP contribution < -0.4 is 0 Å². The molecule has 2 N–H and O–H groups in total. The Labute approximate surface area is 184 Å². The van der Waals surface area contributed by atoms with Crippen molar-refractivity contribution >= 4 is 33.5 Å². The number of rotatable bonds is 3. The predicted octanol–water partition coefficient (Wildman–Crippen LogP) is 2.65. The van der Waals surface area contributed by atoms with Gasteiger partial charge in [-0.1, -0.05) is 41.4 Å². The summed E-state index contributed by atoms with van der Waals surface area (Å²) in [5.74, 6) is -1.06. The number of hydrogen-bond donors (Lipinski definition) is 2. The van der Waals surface area contributed by atoms with E-state index in [4.69, 9.17) is 4.74 Å². The van der Waals surface area contributed by atoms with E-state index in [0.29, 0.717) is 6.42 Å². The molecule has 3 saturated carbocycles. The largest absolute Gasteiger partial charge is 0.458 e. The Morgan fingerprint density at radius 3 is 2.63 bits per heavy atom. The van der Waals surface area contributed by atoms with Gasteiger partial charge >= 0.3 is 5.97 Å². The number of ketones is 2. The Bertz CT molecular complexity index is 879. The Balaban J connectivity index is 1.72. The molecular weight excluding hydrogens is 452 g/mol. The highest BCUT2D eigenvalue weighted by Gasteiger charge is 2.72. The SMILES string of the molecule is CC(=O)OCC(=O)[C@@]1(O)CC[C@H]2[C@@H]3CCC4=CC(=O)C=C[C@]4(C)[C@@]3(Br)[C@@H](O)C[C@@]21C. The minimum atomic E-state index is -1.64. The maximum atomic E-state index is 12.9. The van der Waals surface area contributed by atoms with E-state index in [1.807, 2.05) is 13.0 Å². The second kappa shape index (κ2) is 6.84. The summed E-state index contributed by atoms with van der Waals surface area (Å²) < 4.78 is 4.20. The minimum Gasteiger partial charge on any atom is -0.458 e. The lowest BCUT2D eigenvalue weighted by molar-refractivity contribution is -0.175. The van der Waals surface area contributed by atoms with Crippen LogP contribution >= 0.6 is 15.9 Å². The van der Waals surface area contributed by atoms with Gasteiger partial charge in [-0.2, -0.15) is 0 Å². The normalized spacial score (nSPS) is 47.1. The molecule has 0 bridgehead atoms. The van der Waals surface area contributed by atoms with Crippen LogP contribution in [0.2, 0.25) is 0 Å². The molecule has 3 fully saturated rings. The van der Waals surface area contributed by atoms with Crippen molar-refractivity contribution < 1.29 is 29.3 Å². The summed E-state index contributed by atoms with van der Waals surface area (Å²) in [5, 5.41) is 23.0.